The zero-order valence-electron chi connectivity index (χ0n) is 8.51. The Hall–Kier alpha value is -1.84. The molecule has 0 spiro atoms. The Labute approximate surface area is 87.5 Å². The maximum absolute atomic E-state index is 11.3. The van der Waals surface area contributed by atoms with E-state index in [0.29, 0.717) is 6.61 Å². The van der Waals surface area contributed by atoms with Gasteiger partial charge in [0.05, 0.1) is 18.3 Å². The number of ether oxygens (including phenoxy) is 1. The molecule has 0 amide bonds. The molecule has 0 atom stereocenters. The average Bonchev–Trinajstić information content (AvgIpc) is 2.62. The Morgan fingerprint density at radius 2 is 2.27 bits per heavy atom. The molecule has 0 aliphatic heterocycles. The van der Waals surface area contributed by atoms with Gasteiger partial charge in [0, 0.05) is 5.39 Å². The lowest BCUT2D eigenvalue weighted by Crippen LogP contribution is -2.14. The zero-order valence-corrected chi connectivity index (χ0v) is 8.51. The van der Waals surface area contributed by atoms with Gasteiger partial charge < -0.3 is 4.74 Å². The van der Waals surface area contributed by atoms with E-state index in [1.807, 2.05) is 24.3 Å². The second-order valence-electron chi connectivity index (χ2n) is 3.17. The molecule has 0 N–H and O–H groups in total. The number of rotatable bonds is 3. The third kappa shape index (κ3) is 1.98. The highest BCUT2D eigenvalue weighted by Crippen LogP contribution is 2.12. The van der Waals surface area contributed by atoms with Gasteiger partial charge in [0.15, 0.2) is 0 Å². The quantitative estimate of drug-likeness (QED) is 0.713. The molecule has 0 fully saturated rings. The first-order chi connectivity index (χ1) is 7.31. The molecule has 4 heteroatoms. The van der Waals surface area contributed by atoms with Gasteiger partial charge in [0.1, 0.15) is 6.54 Å². The van der Waals surface area contributed by atoms with Crippen LogP contribution in [0.25, 0.3) is 10.9 Å². The van der Waals surface area contributed by atoms with Crippen LogP contribution in [0.2, 0.25) is 0 Å². The molecule has 1 aromatic heterocycles. The minimum absolute atomic E-state index is 0.168. The maximum Gasteiger partial charge on any atom is 0.327 e. The molecule has 0 saturated carbocycles. The summed E-state index contributed by atoms with van der Waals surface area (Å²) in [6, 6.07) is 7.76. The van der Waals surface area contributed by atoms with Crippen molar-refractivity contribution < 1.29 is 9.53 Å². The summed E-state index contributed by atoms with van der Waals surface area (Å²) in [5.74, 6) is -0.258. The van der Waals surface area contributed by atoms with E-state index in [9.17, 15) is 4.79 Å². The molecule has 0 unspecified atom stereocenters. The summed E-state index contributed by atoms with van der Waals surface area (Å²) in [7, 11) is 0. The van der Waals surface area contributed by atoms with E-state index in [1.165, 1.54) is 0 Å². The lowest BCUT2D eigenvalue weighted by atomic mass is 10.3. The summed E-state index contributed by atoms with van der Waals surface area (Å²) in [4.78, 5) is 11.3. The lowest BCUT2D eigenvalue weighted by Gasteiger charge is -2.02. The van der Waals surface area contributed by atoms with Gasteiger partial charge in [0.25, 0.3) is 0 Å². The number of carbonyl (C=O) groups excluding carboxylic acids is 1. The van der Waals surface area contributed by atoms with E-state index in [1.54, 1.807) is 17.8 Å². The lowest BCUT2D eigenvalue weighted by molar-refractivity contribution is -0.143. The normalized spacial score (nSPS) is 10.5. The van der Waals surface area contributed by atoms with Crippen molar-refractivity contribution in [1.29, 1.82) is 0 Å². The summed E-state index contributed by atoms with van der Waals surface area (Å²) < 4.78 is 6.51. The highest BCUT2D eigenvalue weighted by Gasteiger charge is 2.06. The van der Waals surface area contributed by atoms with Crippen LogP contribution in [0.15, 0.2) is 30.5 Å². The third-order valence-corrected chi connectivity index (χ3v) is 2.14. The van der Waals surface area contributed by atoms with Crippen LogP contribution in [-0.4, -0.2) is 22.4 Å². The predicted molar refractivity (Wildman–Crippen MR) is 56.4 cm³/mol. The fraction of sp³-hybridized carbons (Fsp3) is 0.273. The fourth-order valence-electron chi connectivity index (χ4n) is 1.48. The summed E-state index contributed by atoms with van der Waals surface area (Å²) in [5.41, 5.74) is 0.950. The molecular formula is C11H12N2O2. The van der Waals surface area contributed by atoms with Gasteiger partial charge in [-0.2, -0.15) is 5.10 Å². The van der Waals surface area contributed by atoms with Crippen LogP contribution in [0.4, 0.5) is 0 Å². The second-order valence-corrected chi connectivity index (χ2v) is 3.17. The van der Waals surface area contributed by atoms with Crippen LogP contribution in [-0.2, 0) is 16.1 Å². The minimum Gasteiger partial charge on any atom is -0.465 e. The van der Waals surface area contributed by atoms with Gasteiger partial charge in [-0.3, -0.25) is 9.48 Å². The number of aromatic nitrogens is 2. The number of hydrogen-bond donors (Lipinski definition) is 0. The first-order valence-electron chi connectivity index (χ1n) is 4.87. The van der Waals surface area contributed by atoms with Crippen molar-refractivity contribution in [2.24, 2.45) is 0 Å². The Balaban J connectivity index is 2.25. The smallest absolute Gasteiger partial charge is 0.327 e. The van der Waals surface area contributed by atoms with E-state index < -0.39 is 0 Å². The highest BCUT2D eigenvalue weighted by molar-refractivity contribution is 5.80. The van der Waals surface area contributed by atoms with Crippen LogP contribution in [0, 0.1) is 0 Å². The topological polar surface area (TPSA) is 44.1 Å². The van der Waals surface area contributed by atoms with E-state index >= 15 is 0 Å². The van der Waals surface area contributed by atoms with Crippen molar-refractivity contribution in [3.63, 3.8) is 0 Å². The standard InChI is InChI=1S/C11H12N2O2/c1-2-15-11(14)8-13-10-6-4-3-5-9(10)7-12-13/h3-7H,2,8H2,1H3. The van der Waals surface area contributed by atoms with Crippen molar-refractivity contribution in [2.75, 3.05) is 6.61 Å². The maximum atomic E-state index is 11.3. The SMILES string of the molecule is CCOC(=O)Cn1ncc2ccccc21. The molecule has 4 nitrogen and oxygen atoms in total. The average molecular weight is 204 g/mol. The first kappa shape index (κ1) is 9.71. The molecule has 1 heterocycles. The molecular weight excluding hydrogens is 192 g/mol. The van der Waals surface area contributed by atoms with Crippen molar-refractivity contribution in [3.05, 3.63) is 30.5 Å². The molecule has 1 aromatic carbocycles. The van der Waals surface area contributed by atoms with Crippen LogP contribution in [0.3, 0.4) is 0 Å². The molecule has 2 aromatic rings. The molecule has 2 rings (SSSR count). The number of nitrogens with zero attached hydrogens (tertiary/aromatic N) is 2. The molecule has 78 valence electrons. The number of fused-ring (bicyclic) bond motifs is 1. The van der Waals surface area contributed by atoms with Gasteiger partial charge in [-0.1, -0.05) is 18.2 Å². The minimum atomic E-state index is -0.258. The third-order valence-electron chi connectivity index (χ3n) is 2.14. The first-order valence-corrected chi connectivity index (χ1v) is 4.87. The number of esters is 1. The zero-order chi connectivity index (χ0) is 10.7. The van der Waals surface area contributed by atoms with Crippen molar-refractivity contribution in [1.82, 2.24) is 9.78 Å². The largest absolute Gasteiger partial charge is 0.465 e. The highest BCUT2D eigenvalue weighted by atomic mass is 16.5. The van der Waals surface area contributed by atoms with Gasteiger partial charge in [-0.15, -0.1) is 0 Å². The van der Waals surface area contributed by atoms with Gasteiger partial charge in [0.2, 0.25) is 0 Å². The summed E-state index contributed by atoms with van der Waals surface area (Å²) in [6.45, 7) is 2.36. The monoisotopic (exact) mass is 204 g/mol. The van der Waals surface area contributed by atoms with Crippen molar-refractivity contribution in [2.45, 2.75) is 13.5 Å². The van der Waals surface area contributed by atoms with Crippen molar-refractivity contribution >= 4 is 16.9 Å². The van der Waals surface area contributed by atoms with Crippen LogP contribution >= 0.6 is 0 Å². The molecule has 0 aliphatic carbocycles. The van der Waals surface area contributed by atoms with E-state index in [-0.39, 0.29) is 12.5 Å². The molecule has 15 heavy (non-hydrogen) atoms. The van der Waals surface area contributed by atoms with Crippen molar-refractivity contribution in [3.8, 4) is 0 Å². The van der Waals surface area contributed by atoms with Gasteiger partial charge in [-0.25, -0.2) is 0 Å². The van der Waals surface area contributed by atoms with Gasteiger partial charge in [-0.05, 0) is 13.0 Å². The molecule has 0 saturated heterocycles. The Morgan fingerprint density at radius 3 is 3.07 bits per heavy atom. The number of benzene rings is 1. The summed E-state index contributed by atoms with van der Waals surface area (Å²) in [6.07, 6.45) is 1.74. The van der Waals surface area contributed by atoms with Crippen LogP contribution in [0.1, 0.15) is 6.92 Å². The summed E-state index contributed by atoms with van der Waals surface area (Å²) in [5, 5.41) is 5.16. The number of para-hydroxylation sites is 1. The van der Waals surface area contributed by atoms with Gasteiger partial charge >= 0.3 is 5.97 Å². The Morgan fingerprint density at radius 1 is 1.47 bits per heavy atom. The summed E-state index contributed by atoms with van der Waals surface area (Å²) >= 11 is 0. The van der Waals surface area contributed by atoms with E-state index in [2.05, 4.69) is 5.10 Å². The Bertz CT molecular complexity index is 476. The van der Waals surface area contributed by atoms with E-state index in [0.717, 1.165) is 10.9 Å². The molecule has 0 bridgehead atoms. The molecule has 0 aliphatic rings. The number of carbonyl (C=O) groups is 1. The second kappa shape index (κ2) is 4.13. The number of hydrogen-bond acceptors (Lipinski definition) is 3. The fourth-order valence-corrected chi connectivity index (χ4v) is 1.48. The predicted octanol–water partition coefficient (Wildman–Crippen LogP) is 1.60. The van der Waals surface area contributed by atoms with Crippen LogP contribution < -0.4 is 0 Å². The van der Waals surface area contributed by atoms with Crippen LogP contribution in [0.5, 0.6) is 0 Å². The molecule has 0 radical (unpaired) electrons. The van der Waals surface area contributed by atoms with E-state index in [4.69, 9.17) is 4.74 Å². The Kier molecular flexibility index (Phi) is 2.67.